The number of rotatable bonds is 2. The van der Waals surface area contributed by atoms with Gasteiger partial charge in [-0.1, -0.05) is 6.92 Å². The summed E-state index contributed by atoms with van der Waals surface area (Å²) in [5, 5.41) is 18.3. The molecule has 3 nitrogen and oxygen atoms in total. The predicted molar refractivity (Wildman–Crippen MR) is 43.6 cm³/mol. The van der Waals surface area contributed by atoms with Gasteiger partial charge in [-0.2, -0.15) is 0 Å². The van der Waals surface area contributed by atoms with E-state index in [2.05, 4.69) is 6.92 Å². The van der Waals surface area contributed by atoms with Gasteiger partial charge in [0.2, 0.25) is 0 Å². The van der Waals surface area contributed by atoms with Crippen molar-refractivity contribution in [3.05, 3.63) is 0 Å². The molecule has 2 N–H and O–H groups in total. The summed E-state index contributed by atoms with van der Waals surface area (Å²) < 4.78 is 13.0. The van der Waals surface area contributed by atoms with Gasteiger partial charge < -0.3 is 14.9 Å². The zero-order chi connectivity index (χ0) is 9.64. The molecule has 0 aromatic carbocycles. The van der Waals surface area contributed by atoms with E-state index in [0.717, 1.165) is 6.42 Å². The lowest BCUT2D eigenvalue weighted by Crippen LogP contribution is -2.55. The molecule has 0 amide bonds. The van der Waals surface area contributed by atoms with Gasteiger partial charge in [0.1, 0.15) is 0 Å². The average molecular weight is 174 g/mol. The summed E-state index contributed by atoms with van der Waals surface area (Å²) in [6, 6.07) is 0. The molecule has 3 heteroatoms. The van der Waals surface area contributed by atoms with Crippen molar-refractivity contribution in [1.29, 1.82) is 0 Å². The third-order valence-corrected chi connectivity index (χ3v) is 3.31. The van der Waals surface area contributed by atoms with Crippen LogP contribution in [0.5, 0.6) is 0 Å². The van der Waals surface area contributed by atoms with E-state index in [1.54, 1.807) is 0 Å². The molecular formula is C9H16O3. The number of hydrogen-bond acceptors (Lipinski definition) is 3. The summed E-state index contributed by atoms with van der Waals surface area (Å²) in [5.74, 6) is 0.514. The fourth-order valence-corrected chi connectivity index (χ4v) is 2.78. The van der Waals surface area contributed by atoms with Crippen molar-refractivity contribution in [1.82, 2.24) is 0 Å². The smallest absolute Gasteiger partial charge is 0.0949 e. The number of hydrogen-bond donors (Lipinski definition) is 2. The molecule has 2 unspecified atom stereocenters. The van der Waals surface area contributed by atoms with E-state index in [-0.39, 0.29) is 25.0 Å². The van der Waals surface area contributed by atoms with Crippen molar-refractivity contribution < 1.29 is 16.3 Å². The molecule has 0 spiro atoms. The molecule has 1 saturated heterocycles. The lowest BCUT2D eigenvalue weighted by Gasteiger charge is -2.49. The number of fused-ring (bicyclic) bond motifs is 1. The molecule has 0 radical (unpaired) electrons. The van der Waals surface area contributed by atoms with E-state index in [1.807, 2.05) is 0 Å². The molecule has 2 rings (SSSR count). The second kappa shape index (κ2) is 2.69. The van der Waals surface area contributed by atoms with Gasteiger partial charge in [-0.15, -0.1) is 0 Å². The van der Waals surface area contributed by atoms with E-state index in [0.29, 0.717) is 5.92 Å². The van der Waals surface area contributed by atoms with Crippen molar-refractivity contribution in [2.24, 2.45) is 17.8 Å². The van der Waals surface area contributed by atoms with Gasteiger partial charge in [-0.25, -0.2) is 0 Å². The molecule has 12 heavy (non-hydrogen) atoms. The Labute approximate surface area is 73.8 Å². The summed E-state index contributed by atoms with van der Waals surface area (Å²) >= 11 is 0. The van der Waals surface area contributed by atoms with Gasteiger partial charge in [0, 0.05) is 18.4 Å². The Kier molecular flexibility index (Phi) is 1.63. The van der Waals surface area contributed by atoms with E-state index < -0.39 is 12.2 Å². The van der Waals surface area contributed by atoms with Crippen LogP contribution >= 0.6 is 0 Å². The summed E-state index contributed by atoms with van der Waals surface area (Å²) in [6.45, 7) is 1.40. The number of aliphatic hydroxyl groups is 2. The molecule has 0 aromatic heterocycles. The standard InChI is InChI=1S/C9H16O3/c1-6-2-9(5-11)8(6)7(3-10)4-12-9/h6-8,10-11H,2-5H2,1H3/t6?,7?,8-,9-/m1/s1/i4T/t4-,6?,7?,8+,9+/m0. The van der Waals surface area contributed by atoms with Gasteiger partial charge in [-0.05, 0) is 12.3 Å². The lowest BCUT2D eigenvalue weighted by molar-refractivity contribution is -0.145. The Bertz CT molecular complexity index is 211. The Morgan fingerprint density at radius 1 is 1.67 bits per heavy atom. The van der Waals surface area contributed by atoms with E-state index in [4.69, 9.17) is 11.2 Å². The van der Waals surface area contributed by atoms with Crippen LogP contribution in [0.4, 0.5) is 0 Å². The fourth-order valence-electron chi connectivity index (χ4n) is 2.78. The van der Waals surface area contributed by atoms with Crippen LogP contribution < -0.4 is 0 Å². The van der Waals surface area contributed by atoms with E-state index in [9.17, 15) is 5.11 Å². The molecule has 0 aromatic rings. The van der Waals surface area contributed by atoms with Crippen LogP contribution in [-0.2, 0) is 4.74 Å². The molecule has 1 aliphatic heterocycles. The minimum Gasteiger partial charge on any atom is -0.396 e. The highest BCUT2D eigenvalue weighted by molar-refractivity contribution is 5.08. The first-order valence-electron chi connectivity index (χ1n) is 5.04. The topological polar surface area (TPSA) is 49.7 Å². The summed E-state index contributed by atoms with van der Waals surface area (Å²) in [4.78, 5) is 0. The minimum atomic E-state index is -0.660. The third kappa shape index (κ3) is 0.873. The Morgan fingerprint density at radius 3 is 2.92 bits per heavy atom. The van der Waals surface area contributed by atoms with Crippen LogP contribution in [0.3, 0.4) is 0 Å². The third-order valence-electron chi connectivity index (χ3n) is 3.31. The highest BCUT2D eigenvalue weighted by Gasteiger charge is 2.59. The fraction of sp³-hybridized carbons (Fsp3) is 1.00. The molecule has 1 saturated carbocycles. The first-order valence-corrected chi connectivity index (χ1v) is 4.46. The Balaban J connectivity index is 2.18. The van der Waals surface area contributed by atoms with Crippen LogP contribution in [0.1, 0.15) is 14.7 Å². The molecular weight excluding hydrogens is 156 g/mol. The van der Waals surface area contributed by atoms with E-state index >= 15 is 0 Å². The molecule has 1 heterocycles. The molecule has 1 aliphatic carbocycles. The van der Waals surface area contributed by atoms with Crippen molar-refractivity contribution in [3.8, 4) is 0 Å². The van der Waals surface area contributed by atoms with Gasteiger partial charge in [0.25, 0.3) is 0 Å². The summed E-state index contributed by atoms with van der Waals surface area (Å²) in [7, 11) is 0. The van der Waals surface area contributed by atoms with Crippen LogP contribution in [0.25, 0.3) is 0 Å². The van der Waals surface area contributed by atoms with Crippen LogP contribution in [0, 0.1) is 17.8 Å². The average Bonchev–Trinajstić information content (AvgIpc) is 2.33. The zero-order valence-corrected chi connectivity index (χ0v) is 7.23. The molecule has 70 valence electrons. The van der Waals surface area contributed by atoms with Crippen molar-refractivity contribution in [2.45, 2.75) is 18.9 Å². The predicted octanol–water partition coefficient (Wildman–Crippen LogP) is 0.0122. The van der Waals surface area contributed by atoms with Gasteiger partial charge >= 0.3 is 0 Å². The first-order chi connectivity index (χ1) is 6.14. The largest absolute Gasteiger partial charge is 0.396 e. The second-order valence-corrected chi connectivity index (χ2v) is 4.03. The maximum Gasteiger partial charge on any atom is 0.0949 e. The van der Waals surface area contributed by atoms with Crippen molar-refractivity contribution in [2.75, 3.05) is 19.8 Å². The van der Waals surface area contributed by atoms with Crippen molar-refractivity contribution >= 4 is 0 Å². The zero-order valence-electron chi connectivity index (χ0n) is 8.23. The monoisotopic (exact) mass is 174 g/mol. The molecule has 2 fully saturated rings. The van der Waals surface area contributed by atoms with Crippen LogP contribution in [0.15, 0.2) is 0 Å². The van der Waals surface area contributed by atoms with Crippen LogP contribution in [-0.4, -0.2) is 35.6 Å². The quantitative estimate of drug-likeness (QED) is 0.620. The number of aliphatic hydroxyl groups excluding tert-OH is 2. The summed E-state index contributed by atoms with van der Waals surface area (Å²) in [6.07, 6.45) is 0.819. The molecule has 0 bridgehead atoms. The molecule has 2 aliphatic rings. The first kappa shape index (κ1) is 7.30. The Hall–Kier alpha value is -0.120. The SMILES string of the molecule is [3H][C@@H]1O[C@@]2(CO)CC(C)[C@@H]2C1CO. The van der Waals surface area contributed by atoms with Gasteiger partial charge in [-0.3, -0.25) is 0 Å². The second-order valence-electron chi connectivity index (χ2n) is 4.03. The van der Waals surface area contributed by atoms with E-state index in [1.165, 1.54) is 0 Å². The highest BCUT2D eigenvalue weighted by Crippen LogP contribution is 2.54. The van der Waals surface area contributed by atoms with Crippen LogP contribution in [0.2, 0.25) is 0 Å². The maximum atomic E-state index is 9.21. The summed E-state index contributed by atoms with van der Waals surface area (Å²) in [5.41, 5.74) is -0.501. The normalized spacial score (nSPS) is 59.1. The highest BCUT2D eigenvalue weighted by atomic mass is 16.5. The minimum absolute atomic E-state index is 0.00900. The Morgan fingerprint density at radius 2 is 2.42 bits per heavy atom. The maximum absolute atomic E-state index is 9.21. The van der Waals surface area contributed by atoms with Crippen molar-refractivity contribution in [3.63, 3.8) is 0 Å². The van der Waals surface area contributed by atoms with Gasteiger partial charge in [0.15, 0.2) is 0 Å². The number of ether oxygens (including phenoxy) is 1. The van der Waals surface area contributed by atoms with Gasteiger partial charge in [0.05, 0.1) is 20.2 Å². The molecule has 5 atom stereocenters. The lowest BCUT2D eigenvalue weighted by atomic mass is 9.59.